The SMILES string of the molecule is O=C(O)[C@]1(C(=O)CC2C=Cc3ccccc32)CCCN1. The zero-order valence-corrected chi connectivity index (χ0v) is 11.1. The van der Waals surface area contributed by atoms with E-state index >= 15 is 0 Å². The van der Waals surface area contributed by atoms with Crippen LogP contribution in [0.15, 0.2) is 30.3 Å². The monoisotopic (exact) mass is 271 g/mol. The Bertz CT molecular complexity index is 585. The first-order chi connectivity index (χ1) is 9.63. The standard InChI is InChI=1S/C16H17NO3/c18-14(16(15(19)20)8-3-9-17-16)10-12-7-6-11-4-1-2-5-13(11)12/h1-2,4-7,12,17H,3,8-10H2,(H,19,20)/t12?,16-/m1/s1. The van der Waals surface area contributed by atoms with Gasteiger partial charge in [-0.3, -0.25) is 10.1 Å². The predicted octanol–water partition coefficient (Wildman–Crippen LogP) is 1.96. The van der Waals surface area contributed by atoms with Crippen LogP contribution < -0.4 is 5.32 Å². The Labute approximate surface area is 117 Å². The summed E-state index contributed by atoms with van der Waals surface area (Å²) in [6.45, 7) is 0.592. The van der Waals surface area contributed by atoms with Crippen molar-refractivity contribution in [3.8, 4) is 0 Å². The molecule has 0 saturated carbocycles. The first-order valence-electron chi connectivity index (χ1n) is 6.92. The van der Waals surface area contributed by atoms with Gasteiger partial charge in [-0.2, -0.15) is 0 Å². The molecule has 20 heavy (non-hydrogen) atoms. The van der Waals surface area contributed by atoms with Gasteiger partial charge in [-0.1, -0.05) is 36.4 Å². The molecule has 2 atom stereocenters. The smallest absolute Gasteiger partial charge is 0.331 e. The Hall–Kier alpha value is -1.94. The first-order valence-corrected chi connectivity index (χ1v) is 6.92. The van der Waals surface area contributed by atoms with Gasteiger partial charge in [0.2, 0.25) is 0 Å². The van der Waals surface area contributed by atoms with E-state index in [0.29, 0.717) is 13.0 Å². The van der Waals surface area contributed by atoms with E-state index in [0.717, 1.165) is 17.5 Å². The Balaban J connectivity index is 1.81. The van der Waals surface area contributed by atoms with Gasteiger partial charge in [-0.05, 0) is 30.5 Å². The molecule has 4 heteroatoms. The normalized spacial score (nSPS) is 27.5. The molecule has 0 bridgehead atoms. The highest BCUT2D eigenvalue weighted by Gasteiger charge is 2.48. The molecular formula is C16H17NO3. The van der Waals surface area contributed by atoms with E-state index in [-0.39, 0.29) is 18.1 Å². The van der Waals surface area contributed by atoms with Gasteiger partial charge >= 0.3 is 5.97 Å². The van der Waals surface area contributed by atoms with Crippen LogP contribution in [0.3, 0.4) is 0 Å². The number of carbonyl (C=O) groups excluding carboxylic acids is 1. The molecular weight excluding hydrogens is 254 g/mol. The minimum atomic E-state index is -1.37. The Morgan fingerprint density at radius 3 is 2.85 bits per heavy atom. The summed E-state index contributed by atoms with van der Waals surface area (Å²) < 4.78 is 0. The lowest BCUT2D eigenvalue weighted by Crippen LogP contribution is -2.54. The molecule has 1 aromatic rings. The van der Waals surface area contributed by atoms with E-state index < -0.39 is 11.5 Å². The number of ketones is 1. The molecule has 1 unspecified atom stereocenters. The number of Topliss-reactive ketones (excluding diaryl/α,β-unsaturated/α-hetero) is 1. The van der Waals surface area contributed by atoms with Gasteiger partial charge in [0.1, 0.15) is 0 Å². The summed E-state index contributed by atoms with van der Waals surface area (Å²) in [5, 5.41) is 12.3. The third-order valence-corrected chi connectivity index (χ3v) is 4.31. The topological polar surface area (TPSA) is 66.4 Å². The van der Waals surface area contributed by atoms with Crippen LogP contribution in [0.4, 0.5) is 0 Å². The Morgan fingerprint density at radius 2 is 2.15 bits per heavy atom. The fourth-order valence-corrected chi connectivity index (χ4v) is 3.16. The van der Waals surface area contributed by atoms with Gasteiger partial charge in [0.05, 0.1) is 0 Å². The maximum atomic E-state index is 12.5. The number of hydrogen-bond donors (Lipinski definition) is 2. The zero-order chi connectivity index (χ0) is 14.2. The van der Waals surface area contributed by atoms with Crippen molar-refractivity contribution in [3.63, 3.8) is 0 Å². The second-order valence-electron chi connectivity index (χ2n) is 5.46. The quantitative estimate of drug-likeness (QED) is 0.822. The van der Waals surface area contributed by atoms with E-state index in [2.05, 4.69) is 5.32 Å². The van der Waals surface area contributed by atoms with E-state index in [1.165, 1.54) is 0 Å². The molecule has 0 amide bonds. The summed E-state index contributed by atoms with van der Waals surface area (Å²) in [7, 11) is 0. The Morgan fingerprint density at radius 1 is 1.35 bits per heavy atom. The summed E-state index contributed by atoms with van der Waals surface area (Å²) in [5.74, 6) is -1.26. The van der Waals surface area contributed by atoms with Crippen molar-refractivity contribution in [2.75, 3.05) is 6.54 Å². The highest BCUT2D eigenvalue weighted by Crippen LogP contribution is 2.34. The number of benzene rings is 1. The lowest BCUT2D eigenvalue weighted by Gasteiger charge is -2.24. The summed E-state index contributed by atoms with van der Waals surface area (Å²) in [5.41, 5.74) is 0.860. The van der Waals surface area contributed by atoms with Crippen LogP contribution in [-0.4, -0.2) is 28.9 Å². The van der Waals surface area contributed by atoms with Crippen molar-refractivity contribution >= 4 is 17.8 Å². The summed E-state index contributed by atoms with van der Waals surface area (Å²) in [4.78, 5) is 24.0. The Kier molecular flexibility index (Phi) is 3.18. The summed E-state index contributed by atoms with van der Waals surface area (Å²) in [6, 6.07) is 7.93. The molecule has 2 N–H and O–H groups in total. The second kappa shape index (κ2) is 4.87. The number of rotatable bonds is 4. The molecule has 0 aromatic heterocycles. The third-order valence-electron chi connectivity index (χ3n) is 4.31. The van der Waals surface area contributed by atoms with Crippen molar-refractivity contribution in [1.29, 1.82) is 0 Å². The highest BCUT2D eigenvalue weighted by atomic mass is 16.4. The van der Waals surface area contributed by atoms with Crippen LogP contribution in [0.25, 0.3) is 6.08 Å². The van der Waals surface area contributed by atoms with Crippen molar-refractivity contribution in [2.24, 2.45) is 0 Å². The maximum Gasteiger partial charge on any atom is 0.331 e. The molecule has 104 valence electrons. The van der Waals surface area contributed by atoms with Gasteiger partial charge < -0.3 is 5.11 Å². The summed E-state index contributed by atoms with van der Waals surface area (Å²) >= 11 is 0. The van der Waals surface area contributed by atoms with E-state index in [1.807, 2.05) is 36.4 Å². The molecule has 1 aliphatic heterocycles. The number of carboxylic acids is 1. The molecule has 0 radical (unpaired) electrons. The molecule has 4 nitrogen and oxygen atoms in total. The molecule has 0 spiro atoms. The first kappa shape index (κ1) is 13.1. The molecule has 1 heterocycles. The number of aliphatic carboxylic acids is 1. The largest absolute Gasteiger partial charge is 0.480 e. The summed E-state index contributed by atoms with van der Waals surface area (Å²) in [6.07, 6.45) is 5.36. The highest BCUT2D eigenvalue weighted by molar-refractivity contribution is 6.08. The lowest BCUT2D eigenvalue weighted by atomic mass is 9.85. The average molecular weight is 271 g/mol. The van der Waals surface area contributed by atoms with Gasteiger partial charge in [0.25, 0.3) is 0 Å². The van der Waals surface area contributed by atoms with Crippen molar-refractivity contribution in [3.05, 3.63) is 41.5 Å². The van der Waals surface area contributed by atoms with Crippen LogP contribution in [0, 0.1) is 0 Å². The molecule has 1 aromatic carbocycles. The minimum absolute atomic E-state index is 0.00248. The van der Waals surface area contributed by atoms with Crippen LogP contribution in [0.5, 0.6) is 0 Å². The van der Waals surface area contributed by atoms with Gasteiger partial charge in [0.15, 0.2) is 11.3 Å². The average Bonchev–Trinajstić information content (AvgIpc) is 3.07. The number of allylic oxidation sites excluding steroid dienone is 1. The fraction of sp³-hybridized carbons (Fsp3) is 0.375. The second-order valence-corrected chi connectivity index (χ2v) is 5.46. The van der Waals surface area contributed by atoms with Crippen LogP contribution in [0.1, 0.15) is 36.3 Å². The number of fused-ring (bicyclic) bond motifs is 1. The van der Waals surface area contributed by atoms with Gasteiger partial charge in [-0.25, -0.2) is 4.79 Å². The molecule has 1 fully saturated rings. The molecule has 1 aliphatic carbocycles. The number of nitrogens with one attached hydrogen (secondary N) is 1. The minimum Gasteiger partial charge on any atom is -0.480 e. The van der Waals surface area contributed by atoms with E-state index in [1.54, 1.807) is 0 Å². The number of hydrogen-bond acceptors (Lipinski definition) is 3. The van der Waals surface area contributed by atoms with Gasteiger partial charge in [-0.15, -0.1) is 0 Å². The predicted molar refractivity (Wildman–Crippen MR) is 75.4 cm³/mol. The van der Waals surface area contributed by atoms with Crippen molar-refractivity contribution < 1.29 is 14.7 Å². The van der Waals surface area contributed by atoms with Crippen molar-refractivity contribution in [2.45, 2.75) is 30.7 Å². The number of carboxylic acid groups (broad SMARTS) is 1. The van der Waals surface area contributed by atoms with Crippen LogP contribution in [0.2, 0.25) is 0 Å². The third kappa shape index (κ3) is 1.96. The van der Waals surface area contributed by atoms with E-state index in [9.17, 15) is 14.7 Å². The van der Waals surface area contributed by atoms with Crippen LogP contribution >= 0.6 is 0 Å². The fourth-order valence-electron chi connectivity index (χ4n) is 3.16. The molecule has 1 saturated heterocycles. The van der Waals surface area contributed by atoms with Crippen LogP contribution in [-0.2, 0) is 9.59 Å². The molecule has 3 rings (SSSR count). The van der Waals surface area contributed by atoms with E-state index in [4.69, 9.17) is 0 Å². The lowest BCUT2D eigenvalue weighted by molar-refractivity contribution is -0.149. The molecule has 2 aliphatic rings. The maximum absolute atomic E-state index is 12.5. The van der Waals surface area contributed by atoms with Gasteiger partial charge in [0, 0.05) is 12.3 Å². The van der Waals surface area contributed by atoms with Crippen molar-refractivity contribution in [1.82, 2.24) is 5.32 Å². The number of carbonyl (C=O) groups is 2. The zero-order valence-electron chi connectivity index (χ0n) is 11.1.